The van der Waals surface area contributed by atoms with Crippen LogP contribution in [0.4, 0.5) is 9.52 Å². The number of carbonyl (C=O) groups excluding carboxylic acids is 2. The number of amides is 2. The standard InChI is InChI=1S/C24H27FN4O2S2/c1-24(2,3)19-14-33-23(27-19)28-21(31)18-13-32-22(26-18)16-8-10-29(11-9-16)20(30)12-15-4-6-17(25)7-5-15/h4-7,13-14,16H,8-12H2,1-3H3,(H,27,28,31). The Kier molecular flexibility index (Phi) is 6.90. The number of aromatic nitrogens is 2. The number of likely N-dealkylation sites (tertiary alicyclic amines) is 1. The normalized spacial score (nSPS) is 15.0. The molecule has 1 aliphatic heterocycles. The second-order valence-electron chi connectivity index (χ2n) is 9.27. The van der Waals surface area contributed by atoms with Crippen LogP contribution in [0, 0.1) is 5.82 Å². The Hall–Kier alpha value is -2.65. The Morgan fingerprint density at radius 2 is 1.79 bits per heavy atom. The Morgan fingerprint density at radius 3 is 2.42 bits per heavy atom. The average Bonchev–Trinajstić information content (AvgIpc) is 3.45. The summed E-state index contributed by atoms with van der Waals surface area (Å²) >= 11 is 2.90. The maximum Gasteiger partial charge on any atom is 0.276 e. The molecule has 1 aromatic carbocycles. The molecule has 3 heterocycles. The number of nitrogens with one attached hydrogen (secondary N) is 1. The van der Waals surface area contributed by atoms with Crippen molar-refractivity contribution in [2.45, 2.75) is 51.4 Å². The van der Waals surface area contributed by atoms with Crippen molar-refractivity contribution < 1.29 is 14.0 Å². The van der Waals surface area contributed by atoms with Crippen LogP contribution in [-0.4, -0.2) is 39.8 Å². The van der Waals surface area contributed by atoms with Crippen LogP contribution in [0.3, 0.4) is 0 Å². The van der Waals surface area contributed by atoms with Crippen molar-refractivity contribution in [1.82, 2.24) is 14.9 Å². The molecule has 0 atom stereocenters. The Balaban J connectivity index is 1.30. The van der Waals surface area contributed by atoms with Crippen LogP contribution in [0.15, 0.2) is 35.0 Å². The number of thiazole rings is 2. The van der Waals surface area contributed by atoms with E-state index in [4.69, 9.17) is 0 Å². The van der Waals surface area contributed by atoms with Crippen molar-refractivity contribution in [3.63, 3.8) is 0 Å². The molecule has 3 aromatic rings. The summed E-state index contributed by atoms with van der Waals surface area (Å²) in [7, 11) is 0. The lowest BCUT2D eigenvalue weighted by molar-refractivity contribution is -0.131. The maximum atomic E-state index is 13.1. The molecule has 1 fully saturated rings. The van der Waals surface area contributed by atoms with Gasteiger partial charge in [-0.3, -0.25) is 14.9 Å². The Morgan fingerprint density at radius 1 is 1.09 bits per heavy atom. The molecule has 1 saturated heterocycles. The number of carbonyl (C=O) groups is 2. The van der Waals surface area contributed by atoms with Crippen LogP contribution in [-0.2, 0) is 16.6 Å². The van der Waals surface area contributed by atoms with Crippen LogP contribution in [0.2, 0.25) is 0 Å². The summed E-state index contributed by atoms with van der Waals surface area (Å²) in [6.07, 6.45) is 1.90. The van der Waals surface area contributed by atoms with Crippen LogP contribution in [0.1, 0.15) is 66.3 Å². The lowest BCUT2D eigenvalue weighted by Crippen LogP contribution is -2.38. The SMILES string of the molecule is CC(C)(C)c1csc(NC(=O)c2csc(C3CCN(C(=O)Cc4ccc(F)cc4)CC3)n2)n1. The third-order valence-electron chi connectivity index (χ3n) is 5.71. The predicted octanol–water partition coefficient (Wildman–Crippen LogP) is 5.24. The largest absolute Gasteiger partial charge is 0.342 e. The summed E-state index contributed by atoms with van der Waals surface area (Å²) in [4.78, 5) is 36.2. The number of nitrogens with zero attached hydrogens (tertiary/aromatic N) is 3. The molecule has 1 aliphatic rings. The van der Waals surface area contributed by atoms with Crippen molar-refractivity contribution in [2.75, 3.05) is 18.4 Å². The number of hydrogen-bond donors (Lipinski definition) is 1. The third-order valence-corrected chi connectivity index (χ3v) is 7.48. The molecular formula is C24H27FN4O2S2. The van der Waals surface area contributed by atoms with Gasteiger partial charge in [-0.15, -0.1) is 22.7 Å². The molecule has 2 amide bonds. The quantitative estimate of drug-likeness (QED) is 0.535. The zero-order chi connectivity index (χ0) is 23.6. The molecule has 0 unspecified atom stereocenters. The summed E-state index contributed by atoms with van der Waals surface area (Å²) in [5, 5.41) is 8.11. The highest BCUT2D eigenvalue weighted by molar-refractivity contribution is 7.14. The highest BCUT2D eigenvalue weighted by atomic mass is 32.1. The zero-order valence-electron chi connectivity index (χ0n) is 18.9. The summed E-state index contributed by atoms with van der Waals surface area (Å²) < 4.78 is 13.1. The molecule has 0 saturated carbocycles. The molecule has 0 spiro atoms. The molecule has 6 nitrogen and oxygen atoms in total. The fourth-order valence-corrected chi connectivity index (χ4v) is 5.58. The fourth-order valence-electron chi connectivity index (χ4n) is 3.68. The van der Waals surface area contributed by atoms with Gasteiger partial charge in [-0.1, -0.05) is 32.9 Å². The smallest absolute Gasteiger partial charge is 0.276 e. The average molecular weight is 487 g/mol. The van der Waals surface area contributed by atoms with Crippen molar-refractivity contribution in [1.29, 1.82) is 0 Å². The summed E-state index contributed by atoms with van der Waals surface area (Å²) in [5.41, 5.74) is 2.09. The van der Waals surface area contributed by atoms with E-state index in [1.54, 1.807) is 17.5 Å². The molecular weight excluding hydrogens is 459 g/mol. The molecule has 2 aromatic heterocycles. The number of anilines is 1. The number of hydrogen-bond acceptors (Lipinski definition) is 6. The number of rotatable bonds is 5. The summed E-state index contributed by atoms with van der Waals surface area (Å²) in [6.45, 7) is 7.56. The molecule has 0 radical (unpaired) electrons. The lowest BCUT2D eigenvalue weighted by Gasteiger charge is -2.31. The van der Waals surface area contributed by atoms with Gasteiger partial charge in [0.1, 0.15) is 11.5 Å². The minimum absolute atomic E-state index is 0.0531. The monoisotopic (exact) mass is 486 g/mol. The second kappa shape index (κ2) is 9.69. The van der Waals surface area contributed by atoms with Crippen molar-refractivity contribution in [3.05, 3.63) is 62.8 Å². The number of piperidine rings is 1. The predicted molar refractivity (Wildman–Crippen MR) is 130 cm³/mol. The minimum atomic E-state index is -0.301. The van der Waals surface area contributed by atoms with E-state index in [0.29, 0.717) is 23.9 Å². The van der Waals surface area contributed by atoms with Gasteiger partial charge in [0, 0.05) is 35.2 Å². The van der Waals surface area contributed by atoms with Crippen LogP contribution < -0.4 is 5.32 Å². The van der Waals surface area contributed by atoms with Gasteiger partial charge in [0.05, 0.1) is 17.1 Å². The molecule has 4 rings (SSSR count). The molecule has 1 N–H and O–H groups in total. The van der Waals surface area contributed by atoms with E-state index in [-0.39, 0.29) is 35.4 Å². The van der Waals surface area contributed by atoms with Gasteiger partial charge < -0.3 is 4.90 Å². The lowest BCUT2D eigenvalue weighted by atomic mass is 9.93. The van der Waals surface area contributed by atoms with Gasteiger partial charge in [-0.2, -0.15) is 0 Å². The molecule has 174 valence electrons. The third kappa shape index (κ3) is 5.83. The Bertz CT molecular complexity index is 1130. The van der Waals surface area contributed by atoms with Crippen LogP contribution in [0.5, 0.6) is 0 Å². The molecule has 0 aliphatic carbocycles. The van der Waals surface area contributed by atoms with E-state index in [0.717, 1.165) is 29.1 Å². The van der Waals surface area contributed by atoms with E-state index in [2.05, 4.69) is 36.1 Å². The molecule has 33 heavy (non-hydrogen) atoms. The van der Waals surface area contributed by atoms with Gasteiger partial charge in [-0.05, 0) is 30.5 Å². The Labute approximate surface area is 200 Å². The van der Waals surface area contributed by atoms with E-state index in [1.807, 2.05) is 10.3 Å². The molecule has 0 bridgehead atoms. The van der Waals surface area contributed by atoms with E-state index >= 15 is 0 Å². The summed E-state index contributed by atoms with van der Waals surface area (Å²) in [5.74, 6) is -0.264. The highest BCUT2D eigenvalue weighted by Gasteiger charge is 2.27. The first kappa shape index (κ1) is 23.5. The highest BCUT2D eigenvalue weighted by Crippen LogP contribution is 2.31. The van der Waals surface area contributed by atoms with Crippen LogP contribution >= 0.6 is 22.7 Å². The van der Waals surface area contributed by atoms with Gasteiger partial charge in [0.25, 0.3) is 5.91 Å². The first-order valence-electron chi connectivity index (χ1n) is 10.9. The van der Waals surface area contributed by atoms with Gasteiger partial charge in [-0.25, -0.2) is 14.4 Å². The first-order chi connectivity index (χ1) is 15.7. The molecule has 9 heteroatoms. The summed E-state index contributed by atoms with van der Waals surface area (Å²) in [6, 6.07) is 6.06. The second-order valence-corrected chi connectivity index (χ2v) is 11.0. The van der Waals surface area contributed by atoms with Gasteiger partial charge >= 0.3 is 0 Å². The zero-order valence-corrected chi connectivity index (χ0v) is 20.6. The van der Waals surface area contributed by atoms with E-state index in [1.165, 1.54) is 34.8 Å². The van der Waals surface area contributed by atoms with Crippen molar-refractivity contribution in [2.24, 2.45) is 0 Å². The topological polar surface area (TPSA) is 75.2 Å². The first-order valence-corrected chi connectivity index (χ1v) is 12.7. The van der Waals surface area contributed by atoms with E-state index in [9.17, 15) is 14.0 Å². The number of benzene rings is 1. The minimum Gasteiger partial charge on any atom is -0.342 e. The number of halogens is 1. The maximum absolute atomic E-state index is 13.1. The van der Waals surface area contributed by atoms with Gasteiger partial charge in [0.2, 0.25) is 5.91 Å². The van der Waals surface area contributed by atoms with Crippen molar-refractivity contribution in [3.8, 4) is 0 Å². The van der Waals surface area contributed by atoms with Crippen molar-refractivity contribution >= 4 is 39.6 Å². The van der Waals surface area contributed by atoms with Gasteiger partial charge in [0.15, 0.2) is 5.13 Å². The van der Waals surface area contributed by atoms with E-state index < -0.39 is 0 Å². The van der Waals surface area contributed by atoms with Crippen LogP contribution in [0.25, 0.3) is 0 Å². The fraction of sp³-hybridized carbons (Fsp3) is 0.417.